The van der Waals surface area contributed by atoms with Crippen molar-refractivity contribution in [2.75, 3.05) is 25.5 Å². The van der Waals surface area contributed by atoms with Crippen molar-refractivity contribution in [2.24, 2.45) is 0 Å². The van der Waals surface area contributed by atoms with E-state index in [9.17, 15) is 14.4 Å². The molecule has 3 rings (SSSR count). The molecule has 0 aliphatic rings. The van der Waals surface area contributed by atoms with Crippen molar-refractivity contribution >= 4 is 34.4 Å². The SMILES string of the molecule is CN(CCCCNCc1ccc(COC(=O)Nc2cccc3ccccc23)cc1)C(=O)/C=C/C(=O)O. The number of carboxylic acids is 1. The molecule has 0 aromatic heterocycles. The molecule has 36 heavy (non-hydrogen) atoms. The highest BCUT2D eigenvalue weighted by atomic mass is 16.5. The highest BCUT2D eigenvalue weighted by molar-refractivity contribution is 6.00. The molecular weight excluding hydrogens is 458 g/mol. The van der Waals surface area contributed by atoms with Crippen LogP contribution in [0.1, 0.15) is 24.0 Å². The molecule has 0 atom stereocenters. The Morgan fingerprint density at radius 2 is 1.64 bits per heavy atom. The van der Waals surface area contributed by atoms with Gasteiger partial charge in [-0.25, -0.2) is 9.59 Å². The molecule has 2 amide bonds. The number of carbonyl (C=O) groups is 3. The molecule has 8 heteroatoms. The molecule has 8 nitrogen and oxygen atoms in total. The van der Waals surface area contributed by atoms with Gasteiger partial charge in [0, 0.05) is 37.7 Å². The second kappa shape index (κ2) is 13.7. The smallest absolute Gasteiger partial charge is 0.411 e. The minimum Gasteiger partial charge on any atom is -0.478 e. The van der Waals surface area contributed by atoms with Crippen LogP contribution < -0.4 is 10.6 Å². The fourth-order valence-corrected chi connectivity index (χ4v) is 3.59. The molecule has 0 unspecified atom stereocenters. The van der Waals surface area contributed by atoms with Crippen LogP contribution in [0, 0.1) is 0 Å². The monoisotopic (exact) mass is 489 g/mol. The molecule has 0 bridgehead atoms. The van der Waals surface area contributed by atoms with Gasteiger partial charge in [-0.15, -0.1) is 0 Å². The molecule has 0 aliphatic heterocycles. The van der Waals surface area contributed by atoms with Gasteiger partial charge in [-0.1, -0.05) is 60.7 Å². The van der Waals surface area contributed by atoms with Crippen molar-refractivity contribution in [3.8, 4) is 0 Å². The maximum atomic E-state index is 12.3. The van der Waals surface area contributed by atoms with Crippen LogP contribution in [0.15, 0.2) is 78.9 Å². The van der Waals surface area contributed by atoms with Gasteiger partial charge in [0.1, 0.15) is 6.61 Å². The lowest BCUT2D eigenvalue weighted by atomic mass is 10.1. The summed E-state index contributed by atoms with van der Waals surface area (Å²) in [6, 6.07) is 21.4. The second-order valence-electron chi connectivity index (χ2n) is 8.36. The summed E-state index contributed by atoms with van der Waals surface area (Å²) in [5, 5.41) is 16.8. The van der Waals surface area contributed by atoms with Gasteiger partial charge in [0.2, 0.25) is 5.91 Å². The molecule has 3 aromatic carbocycles. The number of carboxylic acid groups (broad SMARTS) is 1. The van der Waals surface area contributed by atoms with Crippen LogP contribution in [0.25, 0.3) is 10.8 Å². The van der Waals surface area contributed by atoms with Crippen LogP contribution in [0.3, 0.4) is 0 Å². The molecule has 0 fully saturated rings. The summed E-state index contributed by atoms with van der Waals surface area (Å²) >= 11 is 0. The number of anilines is 1. The van der Waals surface area contributed by atoms with E-state index in [-0.39, 0.29) is 12.5 Å². The molecule has 0 heterocycles. The number of fused-ring (bicyclic) bond motifs is 1. The summed E-state index contributed by atoms with van der Waals surface area (Å²) in [4.78, 5) is 36.0. The van der Waals surface area contributed by atoms with Gasteiger partial charge in [-0.05, 0) is 42.0 Å². The largest absolute Gasteiger partial charge is 0.478 e. The first kappa shape index (κ1) is 26.4. The number of amides is 2. The van der Waals surface area contributed by atoms with Crippen LogP contribution >= 0.6 is 0 Å². The van der Waals surface area contributed by atoms with Crippen molar-refractivity contribution in [1.82, 2.24) is 10.2 Å². The molecule has 0 aliphatic carbocycles. The lowest BCUT2D eigenvalue weighted by Gasteiger charge is -2.14. The topological polar surface area (TPSA) is 108 Å². The second-order valence-corrected chi connectivity index (χ2v) is 8.36. The standard InChI is InChI=1S/C28H31N3O5/c1-31(26(32)15-16-27(33)34)18-5-4-17-29-19-21-11-13-22(14-12-21)20-36-28(35)30-25-10-6-8-23-7-2-3-9-24(23)25/h2-3,6-16,29H,4-5,17-20H2,1H3,(H,30,35)(H,33,34)/b16-15+. The molecule has 0 spiro atoms. The van der Waals surface area contributed by atoms with Gasteiger partial charge >= 0.3 is 12.1 Å². The van der Waals surface area contributed by atoms with E-state index in [0.29, 0.717) is 18.8 Å². The van der Waals surface area contributed by atoms with E-state index in [4.69, 9.17) is 9.84 Å². The summed E-state index contributed by atoms with van der Waals surface area (Å²) in [5.74, 6) is -1.45. The number of nitrogens with zero attached hydrogens (tertiary/aromatic N) is 1. The first-order valence-corrected chi connectivity index (χ1v) is 11.8. The van der Waals surface area contributed by atoms with E-state index in [0.717, 1.165) is 53.4 Å². The third kappa shape index (κ3) is 8.56. The average molecular weight is 490 g/mol. The van der Waals surface area contributed by atoms with E-state index >= 15 is 0 Å². The van der Waals surface area contributed by atoms with Gasteiger partial charge in [-0.3, -0.25) is 10.1 Å². The first-order valence-electron chi connectivity index (χ1n) is 11.8. The minimum absolute atomic E-state index is 0.179. The summed E-state index contributed by atoms with van der Waals surface area (Å²) in [6.45, 7) is 2.25. The number of likely N-dealkylation sites (N-methyl/N-ethyl adjacent to an activating group) is 1. The number of unbranched alkanes of at least 4 members (excludes halogenated alkanes) is 1. The van der Waals surface area contributed by atoms with E-state index < -0.39 is 12.1 Å². The predicted octanol–water partition coefficient (Wildman–Crippen LogP) is 4.56. The molecular formula is C28H31N3O5. The van der Waals surface area contributed by atoms with Crippen LogP contribution in [0.4, 0.5) is 10.5 Å². The van der Waals surface area contributed by atoms with Crippen molar-refractivity contribution in [1.29, 1.82) is 0 Å². The molecule has 0 saturated carbocycles. The molecule has 0 saturated heterocycles. The number of benzene rings is 3. The summed E-state index contributed by atoms with van der Waals surface area (Å²) < 4.78 is 5.38. The Labute approximate surface area is 210 Å². The third-order valence-electron chi connectivity index (χ3n) is 5.59. The predicted molar refractivity (Wildman–Crippen MR) is 140 cm³/mol. The van der Waals surface area contributed by atoms with Crippen LogP contribution in [0.2, 0.25) is 0 Å². The third-order valence-corrected chi connectivity index (χ3v) is 5.59. The lowest BCUT2D eigenvalue weighted by molar-refractivity contribution is -0.132. The van der Waals surface area contributed by atoms with E-state index in [1.807, 2.05) is 66.7 Å². The zero-order valence-corrected chi connectivity index (χ0v) is 20.3. The van der Waals surface area contributed by atoms with Crippen molar-refractivity contribution in [3.63, 3.8) is 0 Å². The number of aliphatic carboxylic acids is 1. The normalized spacial score (nSPS) is 10.9. The zero-order valence-electron chi connectivity index (χ0n) is 20.3. The zero-order chi connectivity index (χ0) is 25.8. The first-order chi connectivity index (χ1) is 17.4. The number of rotatable bonds is 12. The number of hydrogen-bond donors (Lipinski definition) is 3. The Morgan fingerprint density at radius 1 is 0.917 bits per heavy atom. The number of hydrogen-bond acceptors (Lipinski definition) is 5. The Morgan fingerprint density at radius 3 is 2.42 bits per heavy atom. The van der Waals surface area contributed by atoms with Crippen molar-refractivity contribution in [2.45, 2.75) is 26.0 Å². The van der Waals surface area contributed by atoms with Gasteiger partial charge in [-0.2, -0.15) is 0 Å². The Hall–Kier alpha value is -4.17. The maximum absolute atomic E-state index is 12.3. The molecule has 3 aromatic rings. The van der Waals surface area contributed by atoms with Gasteiger partial charge in [0.25, 0.3) is 0 Å². The highest BCUT2D eigenvalue weighted by Crippen LogP contribution is 2.23. The van der Waals surface area contributed by atoms with Crippen LogP contribution in [-0.4, -0.2) is 48.1 Å². The fraction of sp³-hybridized carbons (Fsp3) is 0.250. The Bertz CT molecular complexity index is 1200. The summed E-state index contributed by atoms with van der Waals surface area (Å²) in [5.41, 5.74) is 2.73. The van der Waals surface area contributed by atoms with Gasteiger partial charge in [0.15, 0.2) is 0 Å². The average Bonchev–Trinajstić information content (AvgIpc) is 2.88. The quantitative estimate of drug-likeness (QED) is 0.254. The van der Waals surface area contributed by atoms with E-state index in [1.165, 1.54) is 4.90 Å². The number of carbonyl (C=O) groups excluding carboxylic acids is 2. The van der Waals surface area contributed by atoms with Crippen molar-refractivity contribution < 1.29 is 24.2 Å². The summed E-state index contributed by atoms with van der Waals surface area (Å²) in [6.07, 6.45) is 3.11. The van der Waals surface area contributed by atoms with Crippen LogP contribution in [0.5, 0.6) is 0 Å². The Kier molecular flexibility index (Phi) is 10.0. The minimum atomic E-state index is -1.14. The lowest BCUT2D eigenvalue weighted by Crippen LogP contribution is -2.26. The van der Waals surface area contributed by atoms with Gasteiger partial charge in [0.05, 0.1) is 5.69 Å². The van der Waals surface area contributed by atoms with Gasteiger partial charge < -0.3 is 20.1 Å². The Balaban J connectivity index is 1.32. The highest BCUT2D eigenvalue weighted by Gasteiger charge is 2.07. The summed E-state index contributed by atoms with van der Waals surface area (Å²) in [7, 11) is 1.65. The number of nitrogens with one attached hydrogen (secondary N) is 2. The van der Waals surface area contributed by atoms with Crippen LogP contribution in [-0.2, 0) is 27.5 Å². The number of ether oxygens (including phenoxy) is 1. The molecule has 3 N–H and O–H groups in total. The molecule has 188 valence electrons. The van der Waals surface area contributed by atoms with Crippen molar-refractivity contribution in [3.05, 3.63) is 90.0 Å². The maximum Gasteiger partial charge on any atom is 0.411 e. The van der Waals surface area contributed by atoms with E-state index in [1.54, 1.807) is 7.05 Å². The van der Waals surface area contributed by atoms with E-state index in [2.05, 4.69) is 10.6 Å². The molecule has 0 radical (unpaired) electrons. The fourth-order valence-electron chi connectivity index (χ4n) is 3.59.